The third kappa shape index (κ3) is 4.77. The molecule has 0 aliphatic carbocycles. The van der Waals surface area contributed by atoms with Crippen molar-refractivity contribution in [3.05, 3.63) is 34.1 Å². The molecule has 0 aromatic heterocycles. The van der Waals surface area contributed by atoms with E-state index in [-0.39, 0.29) is 30.3 Å². The fourth-order valence-corrected chi connectivity index (χ4v) is 2.91. The zero-order valence-electron chi connectivity index (χ0n) is 13.3. The molecule has 0 unspecified atom stereocenters. The SMILES string of the molecule is CC(=O)N1CCN(C(=O)CCNC(=O)c2cc(F)ccc2Br)CC1. The van der Waals surface area contributed by atoms with Crippen LogP contribution in [0.4, 0.5) is 4.39 Å². The Hall–Kier alpha value is -1.96. The van der Waals surface area contributed by atoms with Crippen LogP contribution in [0.25, 0.3) is 0 Å². The smallest absolute Gasteiger partial charge is 0.252 e. The number of carbonyl (C=O) groups excluding carboxylic acids is 3. The summed E-state index contributed by atoms with van der Waals surface area (Å²) in [6, 6.07) is 3.86. The van der Waals surface area contributed by atoms with Gasteiger partial charge in [-0.3, -0.25) is 14.4 Å². The highest BCUT2D eigenvalue weighted by Crippen LogP contribution is 2.17. The third-order valence-electron chi connectivity index (χ3n) is 3.88. The number of piperazine rings is 1. The van der Waals surface area contributed by atoms with Crippen LogP contribution in [-0.4, -0.2) is 60.2 Å². The van der Waals surface area contributed by atoms with Gasteiger partial charge in [-0.1, -0.05) is 0 Å². The largest absolute Gasteiger partial charge is 0.351 e. The summed E-state index contributed by atoms with van der Waals surface area (Å²) in [7, 11) is 0. The first-order valence-electron chi connectivity index (χ1n) is 7.65. The molecule has 1 heterocycles. The molecule has 24 heavy (non-hydrogen) atoms. The molecule has 1 aliphatic heterocycles. The first kappa shape index (κ1) is 18.4. The van der Waals surface area contributed by atoms with E-state index in [0.717, 1.165) is 6.07 Å². The Balaban J connectivity index is 1.78. The van der Waals surface area contributed by atoms with Crippen molar-refractivity contribution in [3.8, 4) is 0 Å². The molecule has 8 heteroatoms. The van der Waals surface area contributed by atoms with Crippen molar-refractivity contribution in [3.63, 3.8) is 0 Å². The number of halogens is 2. The van der Waals surface area contributed by atoms with Crippen LogP contribution >= 0.6 is 15.9 Å². The van der Waals surface area contributed by atoms with E-state index >= 15 is 0 Å². The van der Waals surface area contributed by atoms with E-state index < -0.39 is 11.7 Å². The van der Waals surface area contributed by atoms with Gasteiger partial charge in [0.1, 0.15) is 5.82 Å². The summed E-state index contributed by atoms with van der Waals surface area (Å²) in [6.45, 7) is 3.75. The van der Waals surface area contributed by atoms with Crippen molar-refractivity contribution >= 4 is 33.7 Å². The van der Waals surface area contributed by atoms with Crippen molar-refractivity contribution < 1.29 is 18.8 Å². The van der Waals surface area contributed by atoms with Crippen molar-refractivity contribution in [1.29, 1.82) is 0 Å². The van der Waals surface area contributed by atoms with E-state index in [1.807, 2.05) is 0 Å². The van der Waals surface area contributed by atoms with Gasteiger partial charge >= 0.3 is 0 Å². The molecular formula is C16H19BrFN3O3. The van der Waals surface area contributed by atoms with Crippen LogP contribution in [0.1, 0.15) is 23.7 Å². The summed E-state index contributed by atoms with van der Waals surface area (Å²) in [4.78, 5) is 38.8. The molecule has 1 saturated heterocycles. The van der Waals surface area contributed by atoms with Gasteiger partial charge < -0.3 is 15.1 Å². The Bertz CT molecular complexity index is 645. The molecule has 1 N–H and O–H groups in total. The summed E-state index contributed by atoms with van der Waals surface area (Å²) in [6.07, 6.45) is 0.165. The van der Waals surface area contributed by atoms with Gasteiger partial charge in [0.05, 0.1) is 5.56 Å². The van der Waals surface area contributed by atoms with Gasteiger partial charge in [-0.05, 0) is 34.1 Å². The molecule has 1 fully saturated rings. The number of rotatable bonds is 4. The number of hydrogen-bond acceptors (Lipinski definition) is 3. The first-order chi connectivity index (χ1) is 11.4. The fraction of sp³-hybridized carbons (Fsp3) is 0.438. The van der Waals surface area contributed by atoms with Gasteiger partial charge in [-0.25, -0.2) is 4.39 Å². The summed E-state index contributed by atoms with van der Waals surface area (Å²) in [5, 5.41) is 2.62. The summed E-state index contributed by atoms with van der Waals surface area (Å²) in [5.41, 5.74) is 0.192. The van der Waals surface area contributed by atoms with Crippen LogP contribution in [0.5, 0.6) is 0 Å². The highest BCUT2D eigenvalue weighted by atomic mass is 79.9. The Morgan fingerprint density at radius 2 is 1.79 bits per heavy atom. The van der Waals surface area contributed by atoms with Crippen molar-refractivity contribution in [1.82, 2.24) is 15.1 Å². The van der Waals surface area contributed by atoms with Gasteiger partial charge in [-0.2, -0.15) is 0 Å². The van der Waals surface area contributed by atoms with Crippen LogP contribution in [0.15, 0.2) is 22.7 Å². The quantitative estimate of drug-likeness (QED) is 0.831. The van der Waals surface area contributed by atoms with E-state index in [4.69, 9.17) is 0 Å². The normalized spacial score (nSPS) is 14.5. The van der Waals surface area contributed by atoms with Gasteiger partial charge in [0.25, 0.3) is 5.91 Å². The predicted molar refractivity (Wildman–Crippen MR) is 89.9 cm³/mol. The van der Waals surface area contributed by atoms with E-state index in [1.165, 1.54) is 19.1 Å². The minimum atomic E-state index is -0.497. The van der Waals surface area contributed by atoms with Gasteiger partial charge in [0.2, 0.25) is 11.8 Å². The van der Waals surface area contributed by atoms with Crippen LogP contribution in [0.3, 0.4) is 0 Å². The molecule has 3 amide bonds. The van der Waals surface area contributed by atoms with E-state index in [1.54, 1.807) is 9.80 Å². The number of amides is 3. The molecule has 0 spiro atoms. The second-order valence-corrected chi connectivity index (χ2v) is 6.37. The molecule has 0 radical (unpaired) electrons. The molecular weight excluding hydrogens is 381 g/mol. The Kier molecular flexibility index (Phi) is 6.30. The van der Waals surface area contributed by atoms with Crippen LogP contribution < -0.4 is 5.32 Å². The average molecular weight is 400 g/mol. The second-order valence-electron chi connectivity index (χ2n) is 5.52. The third-order valence-corrected chi connectivity index (χ3v) is 4.57. The lowest BCUT2D eigenvalue weighted by atomic mass is 10.2. The number of hydrogen-bond donors (Lipinski definition) is 1. The van der Waals surface area contributed by atoms with Gasteiger partial charge in [-0.15, -0.1) is 0 Å². The highest BCUT2D eigenvalue weighted by Gasteiger charge is 2.22. The maximum atomic E-state index is 13.2. The Labute approximate surface area is 148 Å². The van der Waals surface area contributed by atoms with E-state index in [2.05, 4.69) is 21.2 Å². The molecule has 0 saturated carbocycles. The average Bonchev–Trinajstić information content (AvgIpc) is 2.56. The van der Waals surface area contributed by atoms with Crippen LogP contribution in [-0.2, 0) is 9.59 Å². The lowest BCUT2D eigenvalue weighted by molar-refractivity contribution is -0.138. The summed E-state index contributed by atoms with van der Waals surface area (Å²) >= 11 is 3.20. The van der Waals surface area contributed by atoms with E-state index in [0.29, 0.717) is 30.7 Å². The van der Waals surface area contributed by atoms with Crippen molar-refractivity contribution in [2.45, 2.75) is 13.3 Å². The number of carbonyl (C=O) groups is 3. The monoisotopic (exact) mass is 399 g/mol. The standard InChI is InChI=1S/C16H19BrFN3O3/c1-11(22)20-6-8-21(9-7-20)15(23)4-5-19-16(24)13-10-12(18)2-3-14(13)17/h2-3,10H,4-9H2,1H3,(H,19,24). The molecule has 1 aromatic rings. The van der Waals surface area contributed by atoms with Gasteiger partial charge in [0, 0.05) is 50.5 Å². The minimum absolute atomic E-state index is 0.00929. The van der Waals surface area contributed by atoms with Crippen molar-refractivity contribution in [2.24, 2.45) is 0 Å². The molecule has 130 valence electrons. The number of nitrogens with zero attached hydrogens (tertiary/aromatic N) is 2. The zero-order chi connectivity index (χ0) is 17.7. The van der Waals surface area contributed by atoms with Gasteiger partial charge in [0.15, 0.2) is 0 Å². The molecule has 2 rings (SSSR count). The summed E-state index contributed by atoms with van der Waals surface area (Å²) in [5.74, 6) is -0.995. The molecule has 6 nitrogen and oxygen atoms in total. The summed E-state index contributed by atoms with van der Waals surface area (Å²) < 4.78 is 13.7. The lowest BCUT2D eigenvalue weighted by Crippen LogP contribution is -2.50. The maximum absolute atomic E-state index is 13.2. The fourth-order valence-electron chi connectivity index (χ4n) is 2.48. The Morgan fingerprint density at radius 3 is 2.42 bits per heavy atom. The zero-order valence-corrected chi connectivity index (χ0v) is 14.9. The minimum Gasteiger partial charge on any atom is -0.351 e. The molecule has 1 aromatic carbocycles. The van der Waals surface area contributed by atoms with Crippen molar-refractivity contribution in [2.75, 3.05) is 32.7 Å². The van der Waals surface area contributed by atoms with Crippen LogP contribution in [0, 0.1) is 5.82 Å². The first-order valence-corrected chi connectivity index (χ1v) is 8.44. The lowest BCUT2D eigenvalue weighted by Gasteiger charge is -2.34. The predicted octanol–water partition coefficient (Wildman–Crippen LogP) is 1.40. The number of benzene rings is 1. The molecule has 1 aliphatic rings. The number of nitrogens with one attached hydrogen (secondary N) is 1. The second kappa shape index (κ2) is 8.23. The highest BCUT2D eigenvalue weighted by molar-refractivity contribution is 9.10. The molecule has 0 bridgehead atoms. The maximum Gasteiger partial charge on any atom is 0.252 e. The van der Waals surface area contributed by atoms with E-state index in [9.17, 15) is 18.8 Å². The van der Waals surface area contributed by atoms with Crippen LogP contribution in [0.2, 0.25) is 0 Å². The topological polar surface area (TPSA) is 69.7 Å². The Morgan fingerprint density at radius 1 is 1.17 bits per heavy atom. The molecule has 0 atom stereocenters.